The summed E-state index contributed by atoms with van der Waals surface area (Å²) >= 11 is 1.52. The Kier molecular flexibility index (Phi) is 1.97. The van der Waals surface area contributed by atoms with Crippen LogP contribution in [0.4, 0.5) is 0 Å². The molecule has 0 saturated heterocycles. The van der Waals surface area contributed by atoms with Gasteiger partial charge in [0.15, 0.2) is 0 Å². The third kappa shape index (κ3) is 1.26. The molecule has 2 nitrogen and oxygen atoms in total. The van der Waals surface area contributed by atoms with E-state index in [0.29, 0.717) is 0 Å². The van der Waals surface area contributed by atoms with Gasteiger partial charge in [0.05, 0.1) is 5.75 Å². The summed E-state index contributed by atoms with van der Waals surface area (Å²) in [5.41, 5.74) is 0. The largest absolute Gasteiger partial charge is 0.348 e. The number of rotatable bonds is 2. The predicted octanol–water partition coefficient (Wildman–Crippen LogP) is 1.43. The van der Waals surface area contributed by atoms with Gasteiger partial charge in [0.25, 0.3) is 0 Å². The Labute approximate surface area is 52.7 Å². The molecule has 43 valence electrons. The molecule has 3 heteroatoms. The maximum atomic E-state index is 3.99. The molecule has 1 heterocycles. The van der Waals surface area contributed by atoms with Crippen LogP contribution in [0.3, 0.4) is 0 Å². The van der Waals surface area contributed by atoms with E-state index < -0.39 is 0 Å². The molecule has 1 rings (SSSR count). The highest BCUT2D eigenvalue weighted by Crippen LogP contribution is 2.02. The van der Waals surface area contributed by atoms with Gasteiger partial charge in [-0.15, -0.1) is 0 Å². The predicted molar refractivity (Wildman–Crippen MR) is 35.2 cm³/mol. The lowest BCUT2D eigenvalue weighted by Gasteiger charge is -1.85. The second-order valence-electron chi connectivity index (χ2n) is 1.38. The van der Waals surface area contributed by atoms with Crippen LogP contribution in [0.15, 0.2) is 12.4 Å². The Bertz CT molecular complexity index is 136. The first kappa shape index (κ1) is 5.69. The maximum Gasteiger partial charge on any atom is 0.116 e. The molecule has 1 radical (unpaired) electrons. The first-order valence-electron chi connectivity index (χ1n) is 2.28. The fourth-order valence-electron chi connectivity index (χ4n) is 0.474. The van der Waals surface area contributed by atoms with Crippen molar-refractivity contribution in [3.63, 3.8) is 0 Å². The number of hydrogen-bond acceptors (Lipinski definition) is 2. The van der Waals surface area contributed by atoms with Crippen LogP contribution in [-0.4, -0.2) is 9.97 Å². The summed E-state index contributed by atoms with van der Waals surface area (Å²) in [5.74, 6) is 1.86. The number of aromatic nitrogens is 2. The summed E-state index contributed by atoms with van der Waals surface area (Å²) in [4.78, 5) is 6.96. The smallest absolute Gasteiger partial charge is 0.116 e. The van der Waals surface area contributed by atoms with Gasteiger partial charge in [-0.3, -0.25) is 0 Å². The molecule has 0 aliphatic carbocycles. The zero-order chi connectivity index (χ0) is 5.82. The van der Waals surface area contributed by atoms with Crippen LogP contribution in [-0.2, 0) is 5.75 Å². The molecule has 1 aromatic rings. The van der Waals surface area contributed by atoms with E-state index in [-0.39, 0.29) is 0 Å². The second kappa shape index (κ2) is 2.77. The summed E-state index contributed by atoms with van der Waals surface area (Å²) in [6, 6.07) is 0. The Balaban J connectivity index is 2.50. The van der Waals surface area contributed by atoms with Crippen molar-refractivity contribution in [1.29, 1.82) is 0 Å². The molecule has 8 heavy (non-hydrogen) atoms. The second-order valence-corrected chi connectivity index (χ2v) is 2.08. The van der Waals surface area contributed by atoms with Crippen molar-refractivity contribution in [2.45, 2.75) is 5.75 Å². The third-order valence-electron chi connectivity index (χ3n) is 0.794. The quantitative estimate of drug-likeness (QED) is 0.651. The minimum atomic E-state index is 0.868. The highest BCUT2D eigenvalue weighted by molar-refractivity contribution is 7.99. The van der Waals surface area contributed by atoms with Crippen LogP contribution in [0.1, 0.15) is 5.82 Å². The Morgan fingerprint density at radius 3 is 3.25 bits per heavy atom. The SMILES string of the molecule is [CH2]SCc1ncc[nH]1. The minimum Gasteiger partial charge on any atom is -0.348 e. The van der Waals surface area contributed by atoms with Gasteiger partial charge in [0, 0.05) is 18.6 Å². The monoisotopic (exact) mass is 127 g/mol. The molecule has 0 saturated carbocycles. The van der Waals surface area contributed by atoms with Crippen molar-refractivity contribution in [2.75, 3.05) is 0 Å². The molecule has 0 bridgehead atoms. The van der Waals surface area contributed by atoms with E-state index in [1.54, 1.807) is 6.20 Å². The Morgan fingerprint density at radius 1 is 1.88 bits per heavy atom. The first-order valence-corrected chi connectivity index (χ1v) is 3.44. The van der Waals surface area contributed by atoms with Gasteiger partial charge in [-0.25, -0.2) is 4.98 Å². The zero-order valence-electron chi connectivity index (χ0n) is 4.42. The van der Waals surface area contributed by atoms with Crippen molar-refractivity contribution >= 4 is 11.8 Å². The number of hydrogen-bond donors (Lipinski definition) is 1. The number of imidazole rings is 1. The van der Waals surface area contributed by atoms with Crippen LogP contribution < -0.4 is 0 Å². The highest BCUT2D eigenvalue weighted by atomic mass is 32.2. The molecule has 0 atom stereocenters. The van der Waals surface area contributed by atoms with Crippen molar-refractivity contribution in [1.82, 2.24) is 9.97 Å². The molecular weight excluding hydrogens is 120 g/mol. The van der Waals surface area contributed by atoms with Crippen LogP contribution in [0.25, 0.3) is 0 Å². The topological polar surface area (TPSA) is 28.7 Å². The highest BCUT2D eigenvalue weighted by Gasteiger charge is 1.87. The average molecular weight is 127 g/mol. The molecule has 0 unspecified atom stereocenters. The number of H-pyrrole nitrogens is 1. The first-order chi connectivity index (χ1) is 3.93. The summed E-state index contributed by atoms with van der Waals surface area (Å²) in [7, 11) is 0. The van der Waals surface area contributed by atoms with Gasteiger partial charge in [-0.1, -0.05) is 0 Å². The van der Waals surface area contributed by atoms with E-state index in [1.807, 2.05) is 6.20 Å². The molecule has 0 aliphatic rings. The summed E-state index contributed by atoms with van der Waals surface area (Å²) < 4.78 is 0. The van der Waals surface area contributed by atoms with E-state index in [0.717, 1.165) is 11.6 Å². The average Bonchev–Trinajstić information content (AvgIpc) is 2.19. The Hall–Kier alpha value is -0.440. The van der Waals surface area contributed by atoms with Crippen molar-refractivity contribution in [2.24, 2.45) is 0 Å². The lowest BCUT2D eigenvalue weighted by Crippen LogP contribution is -1.78. The fraction of sp³-hybridized carbons (Fsp3) is 0.200. The molecule has 0 fully saturated rings. The third-order valence-corrected chi connectivity index (χ3v) is 1.27. The summed E-state index contributed by atoms with van der Waals surface area (Å²) in [6.07, 6.45) is 7.17. The van der Waals surface area contributed by atoms with Gasteiger partial charge >= 0.3 is 0 Å². The van der Waals surface area contributed by atoms with Crippen molar-refractivity contribution < 1.29 is 0 Å². The molecule has 0 amide bonds. The minimum absolute atomic E-state index is 0.868. The fourth-order valence-corrected chi connectivity index (χ4v) is 0.825. The van der Waals surface area contributed by atoms with Gasteiger partial charge < -0.3 is 4.98 Å². The van der Waals surface area contributed by atoms with Gasteiger partial charge in [-0.05, 0) is 0 Å². The summed E-state index contributed by atoms with van der Waals surface area (Å²) in [6.45, 7) is 0. The van der Waals surface area contributed by atoms with Gasteiger partial charge in [-0.2, -0.15) is 11.8 Å². The van der Waals surface area contributed by atoms with E-state index in [4.69, 9.17) is 0 Å². The normalized spacial score (nSPS) is 9.62. The van der Waals surface area contributed by atoms with Crippen molar-refractivity contribution in [3.8, 4) is 0 Å². The van der Waals surface area contributed by atoms with Crippen molar-refractivity contribution in [3.05, 3.63) is 24.5 Å². The standard InChI is InChI=1S/C5H7N2S/c1-8-4-5-6-2-3-7-5/h2-3H,1,4H2,(H,6,7). The van der Waals surface area contributed by atoms with Crippen LogP contribution in [0.5, 0.6) is 0 Å². The van der Waals surface area contributed by atoms with E-state index >= 15 is 0 Å². The molecular formula is C5H7N2S. The number of nitrogens with zero attached hydrogens (tertiary/aromatic N) is 1. The van der Waals surface area contributed by atoms with Gasteiger partial charge in [0.2, 0.25) is 0 Å². The lowest BCUT2D eigenvalue weighted by atomic mass is 10.7. The molecule has 0 spiro atoms. The molecule has 1 N–H and O–H groups in total. The van der Waals surface area contributed by atoms with Crippen LogP contribution in [0, 0.1) is 6.26 Å². The number of thioether (sulfide) groups is 1. The van der Waals surface area contributed by atoms with Crippen LogP contribution >= 0.6 is 11.8 Å². The van der Waals surface area contributed by atoms with E-state index in [9.17, 15) is 0 Å². The number of nitrogens with one attached hydrogen (secondary N) is 1. The van der Waals surface area contributed by atoms with E-state index in [2.05, 4.69) is 16.2 Å². The summed E-state index contributed by atoms with van der Waals surface area (Å²) in [5, 5.41) is 0. The number of aromatic amines is 1. The van der Waals surface area contributed by atoms with Gasteiger partial charge in [0.1, 0.15) is 5.82 Å². The van der Waals surface area contributed by atoms with Crippen LogP contribution in [0.2, 0.25) is 0 Å². The Morgan fingerprint density at radius 2 is 2.75 bits per heavy atom. The maximum absolute atomic E-state index is 3.99. The van der Waals surface area contributed by atoms with E-state index in [1.165, 1.54) is 11.8 Å². The molecule has 0 aliphatic heterocycles. The lowest BCUT2D eigenvalue weighted by molar-refractivity contribution is 1.12. The zero-order valence-corrected chi connectivity index (χ0v) is 5.24. The molecule has 0 aromatic carbocycles. The molecule has 1 aromatic heterocycles.